The van der Waals surface area contributed by atoms with E-state index < -0.39 is 0 Å². The molecule has 0 spiro atoms. The smallest absolute Gasteiger partial charge is 0.0948 e. The number of methoxy groups -OCH3 is 1. The molecular weight excluding hydrogens is 200 g/mol. The lowest BCUT2D eigenvalue weighted by molar-refractivity contribution is 0.142. The normalized spacial score (nSPS) is 16.7. The van der Waals surface area contributed by atoms with Crippen molar-refractivity contribution in [2.45, 2.75) is 45.6 Å². The number of hydrogen-bond acceptors (Lipinski definition) is 2. The van der Waals surface area contributed by atoms with E-state index in [9.17, 15) is 0 Å². The van der Waals surface area contributed by atoms with Crippen LogP contribution in [0.15, 0.2) is 12.5 Å². The molecule has 0 amide bonds. The molecule has 0 aromatic carbocycles. The molecule has 0 unspecified atom stereocenters. The van der Waals surface area contributed by atoms with Crippen LogP contribution in [0.5, 0.6) is 0 Å². The minimum Gasteiger partial charge on any atom is -0.385 e. The zero-order valence-corrected chi connectivity index (χ0v) is 10.6. The molecule has 16 heavy (non-hydrogen) atoms. The van der Waals surface area contributed by atoms with Crippen LogP contribution in [0.25, 0.3) is 0 Å². The van der Waals surface area contributed by atoms with Gasteiger partial charge in [0, 0.05) is 38.1 Å². The Morgan fingerprint density at radius 1 is 1.50 bits per heavy atom. The summed E-state index contributed by atoms with van der Waals surface area (Å²) in [5.74, 6) is 0.778. The van der Waals surface area contributed by atoms with Gasteiger partial charge >= 0.3 is 0 Å². The molecule has 2 rings (SSSR count). The van der Waals surface area contributed by atoms with Gasteiger partial charge in [-0.1, -0.05) is 13.8 Å². The monoisotopic (exact) mass is 222 g/mol. The summed E-state index contributed by atoms with van der Waals surface area (Å²) in [6, 6.07) is 0. The van der Waals surface area contributed by atoms with Crippen molar-refractivity contribution in [1.82, 2.24) is 9.55 Å². The number of ether oxygens (including phenoxy) is 1. The Balaban J connectivity index is 1.98. The van der Waals surface area contributed by atoms with E-state index in [0.717, 1.165) is 25.5 Å². The first-order valence-corrected chi connectivity index (χ1v) is 6.11. The average Bonchev–Trinajstić information content (AvgIpc) is 2.98. The van der Waals surface area contributed by atoms with E-state index in [2.05, 4.69) is 23.4 Å². The lowest BCUT2D eigenvalue weighted by Gasteiger charge is -2.25. The second-order valence-corrected chi connectivity index (χ2v) is 5.63. The van der Waals surface area contributed by atoms with E-state index in [1.807, 2.05) is 12.5 Å². The fourth-order valence-electron chi connectivity index (χ4n) is 2.10. The summed E-state index contributed by atoms with van der Waals surface area (Å²) < 4.78 is 7.49. The van der Waals surface area contributed by atoms with Crippen LogP contribution in [-0.4, -0.2) is 23.3 Å². The van der Waals surface area contributed by atoms with Crippen molar-refractivity contribution >= 4 is 0 Å². The first-order valence-electron chi connectivity index (χ1n) is 6.11. The summed E-state index contributed by atoms with van der Waals surface area (Å²) in [4.78, 5) is 4.28. The van der Waals surface area contributed by atoms with Crippen LogP contribution in [0, 0.1) is 5.41 Å². The molecule has 3 nitrogen and oxygen atoms in total. The summed E-state index contributed by atoms with van der Waals surface area (Å²) >= 11 is 0. The van der Waals surface area contributed by atoms with Crippen molar-refractivity contribution in [2.24, 2.45) is 5.41 Å². The van der Waals surface area contributed by atoms with E-state index in [4.69, 9.17) is 4.74 Å². The van der Waals surface area contributed by atoms with E-state index in [0.29, 0.717) is 0 Å². The minimum absolute atomic E-state index is 0.278. The van der Waals surface area contributed by atoms with E-state index in [1.165, 1.54) is 18.5 Å². The maximum absolute atomic E-state index is 5.16. The zero-order chi connectivity index (χ0) is 11.6. The highest BCUT2D eigenvalue weighted by atomic mass is 16.5. The summed E-state index contributed by atoms with van der Waals surface area (Å²) in [5, 5.41) is 0. The van der Waals surface area contributed by atoms with Gasteiger partial charge in [0.2, 0.25) is 0 Å². The first kappa shape index (κ1) is 11.6. The molecular formula is C13H22N2O. The number of imidazole rings is 1. The van der Waals surface area contributed by atoms with E-state index >= 15 is 0 Å². The van der Waals surface area contributed by atoms with Crippen molar-refractivity contribution in [3.63, 3.8) is 0 Å². The number of aromatic nitrogens is 2. The van der Waals surface area contributed by atoms with Crippen molar-refractivity contribution in [3.05, 3.63) is 18.2 Å². The summed E-state index contributed by atoms with van der Waals surface area (Å²) in [6.07, 6.45) is 7.77. The van der Waals surface area contributed by atoms with Crippen molar-refractivity contribution in [1.29, 1.82) is 0 Å². The van der Waals surface area contributed by atoms with Gasteiger partial charge in [-0.3, -0.25) is 0 Å². The highest BCUT2D eigenvalue weighted by Gasteiger charge is 2.28. The molecule has 0 N–H and O–H groups in total. The third-order valence-corrected chi connectivity index (χ3v) is 3.32. The molecule has 1 aromatic rings. The molecule has 1 heterocycles. The average molecular weight is 222 g/mol. The molecule has 3 heteroatoms. The minimum atomic E-state index is 0.278. The van der Waals surface area contributed by atoms with Crippen LogP contribution in [0.3, 0.4) is 0 Å². The second-order valence-electron chi connectivity index (χ2n) is 5.63. The number of rotatable bonds is 6. The molecule has 0 atom stereocenters. The lowest BCUT2D eigenvalue weighted by Crippen LogP contribution is -2.22. The van der Waals surface area contributed by atoms with Gasteiger partial charge in [-0.05, 0) is 24.7 Å². The molecule has 1 saturated carbocycles. The Morgan fingerprint density at radius 2 is 2.25 bits per heavy atom. The molecule has 1 aromatic heterocycles. The van der Waals surface area contributed by atoms with E-state index in [1.54, 1.807) is 7.11 Å². The van der Waals surface area contributed by atoms with E-state index in [-0.39, 0.29) is 5.41 Å². The van der Waals surface area contributed by atoms with Crippen LogP contribution in [0.2, 0.25) is 0 Å². The van der Waals surface area contributed by atoms with Crippen LogP contribution in [0.1, 0.15) is 44.7 Å². The van der Waals surface area contributed by atoms with Crippen molar-refractivity contribution < 1.29 is 4.74 Å². The Hall–Kier alpha value is -0.830. The van der Waals surface area contributed by atoms with Gasteiger partial charge in [0.1, 0.15) is 0 Å². The summed E-state index contributed by atoms with van der Waals surface area (Å²) in [7, 11) is 1.77. The molecule has 0 aliphatic heterocycles. The van der Waals surface area contributed by atoms with Gasteiger partial charge in [0.15, 0.2) is 0 Å². The fourth-order valence-corrected chi connectivity index (χ4v) is 2.10. The van der Waals surface area contributed by atoms with Gasteiger partial charge in [-0.2, -0.15) is 0 Å². The molecule has 1 aliphatic carbocycles. The quantitative estimate of drug-likeness (QED) is 0.740. The third kappa shape index (κ3) is 2.85. The molecule has 90 valence electrons. The van der Waals surface area contributed by atoms with Gasteiger partial charge in [-0.25, -0.2) is 4.98 Å². The van der Waals surface area contributed by atoms with Gasteiger partial charge in [0.05, 0.1) is 6.33 Å². The fraction of sp³-hybridized carbons (Fsp3) is 0.769. The molecule has 1 fully saturated rings. The first-order chi connectivity index (χ1) is 7.62. The number of hydrogen-bond donors (Lipinski definition) is 0. The third-order valence-electron chi connectivity index (χ3n) is 3.32. The SMILES string of the molecule is COCCC(C)(C)Cn1cncc1C1CC1. The summed E-state index contributed by atoms with van der Waals surface area (Å²) in [6.45, 7) is 6.47. The maximum Gasteiger partial charge on any atom is 0.0948 e. The maximum atomic E-state index is 5.16. The lowest BCUT2D eigenvalue weighted by atomic mass is 9.89. The highest BCUT2D eigenvalue weighted by molar-refractivity contribution is 5.12. The van der Waals surface area contributed by atoms with Crippen LogP contribution in [-0.2, 0) is 11.3 Å². The molecule has 1 aliphatic rings. The van der Waals surface area contributed by atoms with Crippen molar-refractivity contribution in [3.8, 4) is 0 Å². The second kappa shape index (κ2) is 4.58. The highest BCUT2D eigenvalue weighted by Crippen LogP contribution is 2.40. The summed E-state index contributed by atoms with van der Waals surface area (Å²) in [5.41, 5.74) is 1.70. The predicted octanol–water partition coefficient (Wildman–Crippen LogP) is 2.82. The Bertz CT molecular complexity index is 339. The topological polar surface area (TPSA) is 27.1 Å². The van der Waals surface area contributed by atoms with Crippen molar-refractivity contribution in [2.75, 3.05) is 13.7 Å². The Kier molecular flexibility index (Phi) is 3.33. The predicted molar refractivity (Wildman–Crippen MR) is 64.5 cm³/mol. The molecule has 0 radical (unpaired) electrons. The zero-order valence-electron chi connectivity index (χ0n) is 10.6. The van der Waals surface area contributed by atoms with Crippen LogP contribution >= 0.6 is 0 Å². The Labute approximate surface area is 97.8 Å². The van der Waals surface area contributed by atoms with Gasteiger partial charge < -0.3 is 9.30 Å². The largest absolute Gasteiger partial charge is 0.385 e. The molecule has 0 bridgehead atoms. The van der Waals surface area contributed by atoms with Crippen LogP contribution < -0.4 is 0 Å². The standard InChI is InChI=1S/C13H22N2O/c1-13(2,6-7-16-3)9-15-10-14-8-12(15)11-4-5-11/h8,10-11H,4-7,9H2,1-3H3. The van der Waals surface area contributed by atoms with Gasteiger partial charge in [0.25, 0.3) is 0 Å². The Morgan fingerprint density at radius 3 is 2.88 bits per heavy atom. The van der Waals surface area contributed by atoms with Crippen LogP contribution in [0.4, 0.5) is 0 Å². The molecule has 0 saturated heterocycles. The van der Waals surface area contributed by atoms with Gasteiger partial charge in [-0.15, -0.1) is 0 Å². The number of nitrogens with zero attached hydrogens (tertiary/aromatic N) is 2.